The first-order chi connectivity index (χ1) is 21.6. The highest BCUT2D eigenvalue weighted by Gasteiger charge is 2.23. The highest BCUT2D eigenvalue weighted by molar-refractivity contribution is 7.91. The van der Waals surface area contributed by atoms with Gasteiger partial charge in [-0.15, -0.1) is 0 Å². The normalized spacial score (nSPS) is 11.3. The van der Waals surface area contributed by atoms with E-state index < -0.39 is 21.7 Å². The van der Waals surface area contributed by atoms with E-state index in [0.717, 1.165) is 5.56 Å². The van der Waals surface area contributed by atoms with Gasteiger partial charge in [-0.3, -0.25) is 14.6 Å². The van der Waals surface area contributed by atoms with Crippen LogP contribution < -0.4 is 21.1 Å². The second kappa shape index (κ2) is 13.2. The lowest BCUT2D eigenvalue weighted by atomic mass is 10.1. The molecule has 4 aromatic carbocycles. The fraction of sp³-hybridized carbons (Fsp3) is 0.147. The first kappa shape index (κ1) is 31.2. The molecule has 0 atom stereocenters. The number of rotatable bonds is 11. The number of aryl methyl sites for hydroxylation is 2. The summed E-state index contributed by atoms with van der Waals surface area (Å²) in [7, 11) is -2.59. The molecule has 2 amide bonds. The topological polar surface area (TPSA) is 161 Å². The zero-order valence-corrected chi connectivity index (χ0v) is 25.5. The van der Waals surface area contributed by atoms with Crippen molar-refractivity contribution in [2.75, 3.05) is 24.4 Å². The van der Waals surface area contributed by atoms with Crippen molar-refractivity contribution in [3.8, 4) is 5.75 Å². The number of nitrogens with two attached hydrogens (primary N) is 1. The summed E-state index contributed by atoms with van der Waals surface area (Å²) in [5.41, 5.74) is 9.38. The van der Waals surface area contributed by atoms with Crippen LogP contribution in [0.5, 0.6) is 5.75 Å². The third kappa shape index (κ3) is 6.79. The van der Waals surface area contributed by atoms with Crippen LogP contribution in [-0.4, -0.2) is 44.0 Å². The lowest BCUT2D eigenvalue weighted by Crippen LogP contribution is -2.15. The molecule has 0 saturated heterocycles. The highest BCUT2D eigenvalue weighted by atomic mass is 32.2. The number of nitrogens with zero attached hydrogens (tertiary/aromatic N) is 1. The second-order valence-corrected chi connectivity index (χ2v) is 12.4. The summed E-state index contributed by atoms with van der Waals surface area (Å²) >= 11 is 0. The van der Waals surface area contributed by atoms with Gasteiger partial charge >= 0.3 is 0 Å². The number of nitrogens with one attached hydrogen (secondary N) is 2. The number of pyridine rings is 1. The summed E-state index contributed by atoms with van der Waals surface area (Å²) in [5.74, 6) is -0.628. The summed E-state index contributed by atoms with van der Waals surface area (Å²) in [6.07, 6.45) is 2.62. The average Bonchev–Trinajstić information content (AvgIpc) is 3.04. The molecule has 10 nitrogen and oxygen atoms in total. The largest absolute Gasteiger partial charge is 0.497 e. The van der Waals surface area contributed by atoms with Gasteiger partial charge in [0.05, 0.1) is 33.7 Å². The van der Waals surface area contributed by atoms with E-state index in [0.29, 0.717) is 52.1 Å². The van der Waals surface area contributed by atoms with Gasteiger partial charge in [-0.25, -0.2) is 8.42 Å². The van der Waals surface area contributed by atoms with Crippen molar-refractivity contribution in [1.82, 2.24) is 4.98 Å². The van der Waals surface area contributed by atoms with Crippen LogP contribution in [0, 0.1) is 6.92 Å². The summed E-state index contributed by atoms with van der Waals surface area (Å²) in [5, 5.41) is 15.5. The molecule has 0 radical (unpaired) electrons. The molecule has 0 saturated carbocycles. The van der Waals surface area contributed by atoms with Gasteiger partial charge in [0.1, 0.15) is 5.75 Å². The maximum Gasteiger partial charge on any atom is 0.255 e. The van der Waals surface area contributed by atoms with Gasteiger partial charge in [0.15, 0.2) is 0 Å². The van der Waals surface area contributed by atoms with Crippen molar-refractivity contribution in [2.45, 2.75) is 29.6 Å². The first-order valence-corrected chi connectivity index (χ1v) is 15.6. The SMILES string of the molecule is COc1cccc(Nc2c(C(N)=O)cnc3c(C)cc(S(=O)(=O)c4cccc(C(=O)Nc5cccc(CCCO)c5)c4)cc23)c1. The number of anilines is 3. The number of aliphatic hydroxyl groups is 1. The minimum Gasteiger partial charge on any atom is -0.497 e. The molecular formula is C34H32N4O6S. The Balaban J connectivity index is 1.53. The van der Waals surface area contributed by atoms with Gasteiger partial charge in [0, 0.05) is 41.2 Å². The van der Waals surface area contributed by atoms with Gasteiger partial charge in [0.2, 0.25) is 9.84 Å². The number of methoxy groups -OCH3 is 1. The number of amides is 2. The van der Waals surface area contributed by atoms with Crippen molar-refractivity contribution in [3.05, 3.63) is 113 Å². The maximum atomic E-state index is 14.0. The van der Waals surface area contributed by atoms with Crippen molar-refractivity contribution < 1.29 is 27.9 Å². The maximum absolute atomic E-state index is 14.0. The predicted molar refractivity (Wildman–Crippen MR) is 173 cm³/mol. The van der Waals surface area contributed by atoms with E-state index in [1.54, 1.807) is 43.3 Å². The molecular weight excluding hydrogens is 592 g/mol. The van der Waals surface area contributed by atoms with Gasteiger partial charge in [-0.1, -0.05) is 24.3 Å². The molecule has 0 bridgehead atoms. The number of sulfone groups is 1. The zero-order valence-electron chi connectivity index (χ0n) is 24.7. The van der Waals surface area contributed by atoms with E-state index in [2.05, 4.69) is 15.6 Å². The quantitative estimate of drug-likeness (QED) is 0.152. The van der Waals surface area contributed by atoms with Crippen molar-refractivity contribution in [2.24, 2.45) is 5.73 Å². The molecule has 45 heavy (non-hydrogen) atoms. The summed E-state index contributed by atoms with van der Waals surface area (Å²) < 4.78 is 33.3. The van der Waals surface area contributed by atoms with Crippen LogP contribution in [0.4, 0.5) is 17.1 Å². The monoisotopic (exact) mass is 624 g/mol. The van der Waals surface area contributed by atoms with Crippen LogP contribution >= 0.6 is 0 Å². The second-order valence-electron chi connectivity index (χ2n) is 10.4. The lowest BCUT2D eigenvalue weighted by Gasteiger charge is -2.16. The van der Waals surface area contributed by atoms with E-state index in [1.165, 1.54) is 49.7 Å². The molecule has 0 aliphatic carbocycles. The Bertz CT molecular complexity index is 2030. The Morgan fingerprint density at radius 1 is 0.933 bits per heavy atom. The van der Waals surface area contributed by atoms with Crippen LogP contribution in [0.25, 0.3) is 10.9 Å². The van der Waals surface area contributed by atoms with Crippen LogP contribution in [0.15, 0.2) is 101 Å². The molecule has 0 aliphatic rings. The Labute approximate surface area is 260 Å². The zero-order chi connectivity index (χ0) is 32.1. The number of aliphatic hydroxyl groups excluding tert-OH is 1. The molecule has 230 valence electrons. The molecule has 1 aromatic heterocycles. The fourth-order valence-electron chi connectivity index (χ4n) is 5.00. The number of carbonyl (C=O) groups is 2. The number of fused-ring (bicyclic) bond motifs is 1. The number of primary amides is 1. The van der Waals surface area contributed by atoms with Crippen molar-refractivity contribution in [3.63, 3.8) is 0 Å². The summed E-state index contributed by atoms with van der Waals surface area (Å²) in [6.45, 7) is 1.80. The van der Waals surface area contributed by atoms with E-state index >= 15 is 0 Å². The van der Waals surface area contributed by atoms with Gasteiger partial charge in [-0.05, 0) is 85.5 Å². The molecule has 0 aliphatic heterocycles. The number of benzene rings is 4. The minimum absolute atomic E-state index is 0.0428. The molecule has 0 fully saturated rings. The van der Waals surface area contributed by atoms with Gasteiger partial charge in [0.25, 0.3) is 11.8 Å². The van der Waals surface area contributed by atoms with Crippen LogP contribution in [0.2, 0.25) is 0 Å². The Kier molecular flexibility index (Phi) is 9.12. The number of hydrogen-bond donors (Lipinski definition) is 4. The van der Waals surface area contributed by atoms with E-state index in [1.807, 2.05) is 12.1 Å². The molecule has 5 aromatic rings. The number of ether oxygens (including phenoxy) is 1. The van der Waals surface area contributed by atoms with E-state index in [-0.39, 0.29) is 27.5 Å². The van der Waals surface area contributed by atoms with Crippen molar-refractivity contribution in [1.29, 1.82) is 0 Å². The van der Waals surface area contributed by atoms with E-state index in [4.69, 9.17) is 15.6 Å². The number of hydrogen-bond acceptors (Lipinski definition) is 8. The van der Waals surface area contributed by atoms with Crippen LogP contribution in [0.1, 0.15) is 38.3 Å². The van der Waals surface area contributed by atoms with E-state index in [9.17, 15) is 18.0 Å². The highest BCUT2D eigenvalue weighted by Crippen LogP contribution is 2.35. The van der Waals surface area contributed by atoms with Crippen molar-refractivity contribution >= 4 is 49.6 Å². The smallest absolute Gasteiger partial charge is 0.255 e. The predicted octanol–water partition coefficient (Wildman–Crippen LogP) is 5.40. The fourth-order valence-corrected chi connectivity index (χ4v) is 6.42. The third-order valence-electron chi connectivity index (χ3n) is 7.27. The summed E-state index contributed by atoms with van der Waals surface area (Å²) in [6, 6.07) is 23.1. The van der Waals surface area contributed by atoms with Gasteiger partial charge in [-0.2, -0.15) is 0 Å². The first-order valence-electron chi connectivity index (χ1n) is 14.1. The lowest BCUT2D eigenvalue weighted by molar-refractivity contribution is 0.0998. The van der Waals surface area contributed by atoms with Crippen LogP contribution in [-0.2, 0) is 16.3 Å². The molecule has 5 N–H and O–H groups in total. The molecule has 0 unspecified atom stereocenters. The number of carbonyl (C=O) groups excluding carboxylic acids is 2. The van der Waals surface area contributed by atoms with Gasteiger partial charge < -0.3 is 26.2 Å². The third-order valence-corrected chi connectivity index (χ3v) is 9.00. The average molecular weight is 625 g/mol. The molecule has 0 spiro atoms. The Morgan fingerprint density at radius 3 is 2.44 bits per heavy atom. The Morgan fingerprint density at radius 2 is 1.69 bits per heavy atom. The van der Waals surface area contributed by atoms with Crippen LogP contribution in [0.3, 0.4) is 0 Å². The molecule has 1 heterocycles. The molecule has 11 heteroatoms. The Hall–Kier alpha value is -5.26. The standard InChI is InChI=1S/C34H32N4O6S/c1-21-15-28(19-29-31(21)36-20-30(33(35)40)32(29)37-25-11-5-12-26(18-25)44-2)45(42,43)27-13-4-9-23(17-27)34(41)38-24-10-3-7-22(16-24)8-6-14-39/h3-5,7,9-13,15-20,39H,6,8,14H2,1-2H3,(H2,35,40)(H,36,37)(H,38,41). The molecule has 5 rings (SSSR count). The summed E-state index contributed by atoms with van der Waals surface area (Å²) in [4.78, 5) is 29.8. The number of aromatic nitrogens is 1. The minimum atomic E-state index is -4.13.